The molecule has 0 bridgehead atoms. The summed E-state index contributed by atoms with van der Waals surface area (Å²) in [4.78, 5) is 11.3. The maximum atomic E-state index is 13.1. The van der Waals surface area contributed by atoms with Gasteiger partial charge in [-0.1, -0.05) is 12.1 Å². The number of carbonyl (C=O) groups excluding carboxylic acids is 1. The van der Waals surface area contributed by atoms with Gasteiger partial charge in [-0.05, 0) is 24.3 Å². The van der Waals surface area contributed by atoms with Gasteiger partial charge in [-0.2, -0.15) is 8.42 Å². The smallest absolute Gasteiger partial charge is 0.334 e. The van der Waals surface area contributed by atoms with Crippen molar-refractivity contribution >= 4 is 21.8 Å². The van der Waals surface area contributed by atoms with E-state index in [1.54, 1.807) is 0 Å². The first-order valence-corrected chi connectivity index (χ1v) is 7.04. The number of halogens is 1. The van der Waals surface area contributed by atoms with E-state index in [1.807, 2.05) is 0 Å². The maximum Gasteiger partial charge on any atom is 0.334 e. The third-order valence-corrected chi connectivity index (χ3v) is 3.51. The van der Waals surface area contributed by atoms with Crippen LogP contribution in [0.25, 0.3) is 0 Å². The SMILES string of the molecule is O=C(Nc1ccccc1S(=O)(=O)F)c1ccc(O)cc1O. The van der Waals surface area contributed by atoms with Crippen LogP contribution >= 0.6 is 0 Å². The normalized spacial score (nSPS) is 11.1. The molecule has 0 fully saturated rings. The number of hydrogen-bond donors (Lipinski definition) is 3. The van der Waals surface area contributed by atoms with Crippen LogP contribution in [-0.4, -0.2) is 24.5 Å². The highest BCUT2D eigenvalue weighted by Crippen LogP contribution is 2.26. The van der Waals surface area contributed by atoms with Crippen LogP contribution in [0.2, 0.25) is 0 Å². The Morgan fingerprint density at radius 1 is 1.10 bits per heavy atom. The van der Waals surface area contributed by atoms with Crippen molar-refractivity contribution in [3.63, 3.8) is 0 Å². The lowest BCUT2D eigenvalue weighted by Gasteiger charge is -2.09. The zero-order chi connectivity index (χ0) is 15.6. The summed E-state index contributed by atoms with van der Waals surface area (Å²) >= 11 is 0. The third-order valence-electron chi connectivity index (χ3n) is 2.62. The van der Waals surface area contributed by atoms with E-state index in [1.165, 1.54) is 24.3 Å². The number of amides is 1. The van der Waals surface area contributed by atoms with E-state index in [9.17, 15) is 22.2 Å². The lowest BCUT2D eigenvalue weighted by Crippen LogP contribution is -2.14. The second-order valence-corrected chi connectivity index (χ2v) is 5.41. The number of benzene rings is 2. The first kappa shape index (κ1) is 14.8. The Kier molecular flexibility index (Phi) is 3.81. The largest absolute Gasteiger partial charge is 0.508 e. The lowest BCUT2D eigenvalue weighted by atomic mass is 10.1. The second kappa shape index (κ2) is 5.41. The number of para-hydroxylation sites is 1. The van der Waals surface area contributed by atoms with Crippen molar-refractivity contribution in [2.45, 2.75) is 4.90 Å². The van der Waals surface area contributed by atoms with E-state index < -0.39 is 26.8 Å². The zero-order valence-electron chi connectivity index (χ0n) is 10.4. The lowest BCUT2D eigenvalue weighted by molar-refractivity contribution is 0.102. The van der Waals surface area contributed by atoms with Gasteiger partial charge in [-0.15, -0.1) is 3.89 Å². The van der Waals surface area contributed by atoms with Crippen molar-refractivity contribution < 1.29 is 27.3 Å². The van der Waals surface area contributed by atoms with Crippen molar-refractivity contribution in [1.29, 1.82) is 0 Å². The predicted molar refractivity (Wildman–Crippen MR) is 72.5 cm³/mol. The minimum absolute atomic E-state index is 0.196. The molecule has 0 saturated carbocycles. The van der Waals surface area contributed by atoms with Gasteiger partial charge in [-0.3, -0.25) is 4.79 Å². The number of rotatable bonds is 3. The number of nitrogens with one attached hydrogen (secondary N) is 1. The minimum atomic E-state index is -5.00. The van der Waals surface area contributed by atoms with Crippen LogP contribution < -0.4 is 5.32 Å². The molecule has 110 valence electrons. The predicted octanol–water partition coefficient (Wildman–Crippen LogP) is 2.01. The first-order chi connectivity index (χ1) is 9.79. The van der Waals surface area contributed by atoms with Gasteiger partial charge >= 0.3 is 10.2 Å². The molecule has 8 heteroatoms. The molecule has 21 heavy (non-hydrogen) atoms. The Balaban J connectivity index is 2.37. The minimum Gasteiger partial charge on any atom is -0.508 e. The van der Waals surface area contributed by atoms with Crippen LogP contribution in [0.15, 0.2) is 47.4 Å². The van der Waals surface area contributed by atoms with Crippen LogP contribution in [0.5, 0.6) is 11.5 Å². The molecule has 0 aliphatic rings. The third kappa shape index (κ3) is 3.29. The van der Waals surface area contributed by atoms with Crippen LogP contribution in [-0.2, 0) is 10.2 Å². The molecule has 2 aromatic carbocycles. The molecule has 0 aliphatic heterocycles. The number of carbonyl (C=O) groups is 1. The number of aromatic hydroxyl groups is 2. The number of phenolic OH excluding ortho intramolecular Hbond substituents is 2. The van der Waals surface area contributed by atoms with Gasteiger partial charge in [0.25, 0.3) is 5.91 Å². The van der Waals surface area contributed by atoms with Crippen molar-refractivity contribution in [3.8, 4) is 11.5 Å². The molecule has 0 spiro atoms. The van der Waals surface area contributed by atoms with E-state index in [0.29, 0.717) is 0 Å². The van der Waals surface area contributed by atoms with Gasteiger partial charge in [0.2, 0.25) is 0 Å². The van der Waals surface area contributed by atoms with Gasteiger partial charge in [-0.25, -0.2) is 0 Å². The summed E-state index contributed by atoms with van der Waals surface area (Å²) in [5.74, 6) is -1.58. The first-order valence-electron chi connectivity index (χ1n) is 5.66. The summed E-state index contributed by atoms with van der Waals surface area (Å²) in [5, 5.41) is 20.9. The average molecular weight is 311 g/mol. The Bertz CT molecular complexity index is 804. The van der Waals surface area contributed by atoms with E-state index in [2.05, 4.69) is 5.32 Å². The summed E-state index contributed by atoms with van der Waals surface area (Å²) in [7, 11) is -5.00. The molecule has 0 unspecified atom stereocenters. The average Bonchev–Trinajstić information content (AvgIpc) is 2.37. The van der Waals surface area contributed by atoms with Crippen LogP contribution in [0.1, 0.15) is 10.4 Å². The Morgan fingerprint density at radius 2 is 1.76 bits per heavy atom. The maximum absolute atomic E-state index is 13.1. The summed E-state index contributed by atoms with van der Waals surface area (Å²) in [6.07, 6.45) is 0. The van der Waals surface area contributed by atoms with Gasteiger partial charge in [0, 0.05) is 6.07 Å². The molecule has 0 aliphatic carbocycles. The van der Waals surface area contributed by atoms with Gasteiger partial charge < -0.3 is 15.5 Å². The number of phenols is 2. The molecule has 0 atom stereocenters. The van der Waals surface area contributed by atoms with Gasteiger partial charge in [0.1, 0.15) is 16.4 Å². The molecule has 3 N–H and O–H groups in total. The standard InChI is InChI=1S/C13H10FNO5S/c14-21(19,20)12-4-2-1-3-10(12)15-13(18)9-6-5-8(16)7-11(9)17/h1-7,16-17H,(H,15,18). The highest BCUT2D eigenvalue weighted by molar-refractivity contribution is 7.86. The summed E-state index contributed by atoms with van der Waals surface area (Å²) in [6, 6.07) is 8.20. The number of hydrogen-bond acceptors (Lipinski definition) is 5. The molecule has 0 heterocycles. The molecular weight excluding hydrogens is 301 g/mol. The molecular formula is C13H10FNO5S. The van der Waals surface area contributed by atoms with Gasteiger partial charge in [0.15, 0.2) is 0 Å². The fourth-order valence-corrected chi connectivity index (χ4v) is 2.31. The molecule has 0 saturated heterocycles. The topological polar surface area (TPSA) is 104 Å². The summed E-state index contributed by atoms with van der Waals surface area (Å²) in [6.45, 7) is 0. The van der Waals surface area contributed by atoms with Crippen molar-refractivity contribution in [3.05, 3.63) is 48.0 Å². The second-order valence-electron chi connectivity index (χ2n) is 4.09. The van der Waals surface area contributed by atoms with E-state index >= 15 is 0 Å². The van der Waals surface area contributed by atoms with E-state index in [4.69, 9.17) is 5.11 Å². The fraction of sp³-hybridized carbons (Fsp3) is 0. The molecule has 1 amide bonds. The molecule has 0 aromatic heterocycles. The Labute approximate surface area is 119 Å². The van der Waals surface area contributed by atoms with Crippen molar-refractivity contribution in [2.75, 3.05) is 5.32 Å². The fourth-order valence-electron chi connectivity index (χ4n) is 1.68. The van der Waals surface area contributed by atoms with Crippen molar-refractivity contribution in [1.82, 2.24) is 0 Å². The van der Waals surface area contributed by atoms with E-state index in [0.717, 1.165) is 18.2 Å². The Morgan fingerprint density at radius 3 is 2.38 bits per heavy atom. The van der Waals surface area contributed by atoms with Crippen LogP contribution in [0, 0.1) is 0 Å². The number of anilines is 1. The Hall–Kier alpha value is -2.61. The van der Waals surface area contributed by atoms with Gasteiger partial charge in [0.05, 0.1) is 11.3 Å². The summed E-state index contributed by atoms with van der Waals surface area (Å²) < 4.78 is 35.1. The molecule has 2 rings (SSSR count). The van der Waals surface area contributed by atoms with E-state index in [-0.39, 0.29) is 17.0 Å². The zero-order valence-corrected chi connectivity index (χ0v) is 11.3. The highest BCUT2D eigenvalue weighted by atomic mass is 32.3. The quantitative estimate of drug-likeness (QED) is 0.752. The van der Waals surface area contributed by atoms with Crippen LogP contribution in [0.4, 0.5) is 9.57 Å². The van der Waals surface area contributed by atoms with Crippen molar-refractivity contribution in [2.24, 2.45) is 0 Å². The highest BCUT2D eigenvalue weighted by Gasteiger charge is 2.19. The molecule has 0 radical (unpaired) electrons. The summed E-state index contributed by atoms with van der Waals surface area (Å²) in [5.41, 5.74) is -0.448. The molecule has 6 nitrogen and oxygen atoms in total. The monoisotopic (exact) mass is 311 g/mol. The molecule has 2 aromatic rings. The van der Waals surface area contributed by atoms with Crippen LogP contribution in [0.3, 0.4) is 0 Å².